The van der Waals surface area contributed by atoms with E-state index in [1.807, 2.05) is 6.07 Å². The van der Waals surface area contributed by atoms with Gasteiger partial charge in [-0.3, -0.25) is 0 Å². The minimum atomic E-state index is -1.56. The summed E-state index contributed by atoms with van der Waals surface area (Å²) >= 11 is 0. The summed E-state index contributed by atoms with van der Waals surface area (Å²) in [6, 6.07) is 9.02. The van der Waals surface area contributed by atoms with Crippen molar-refractivity contribution in [2.45, 2.75) is 38.5 Å². The molecule has 1 aliphatic heterocycles. The highest BCUT2D eigenvalue weighted by atomic mass is 16.6. The van der Waals surface area contributed by atoms with E-state index >= 15 is 0 Å². The lowest BCUT2D eigenvalue weighted by molar-refractivity contribution is -0.151. The molecule has 1 aliphatic rings. The highest BCUT2D eigenvalue weighted by Gasteiger charge is 2.54. The maximum absolute atomic E-state index is 11.9. The number of nitrogens with one attached hydrogen (secondary N) is 1. The molecule has 1 saturated heterocycles. The van der Waals surface area contributed by atoms with E-state index < -0.39 is 29.3 Å². The Hall–Kier alpha value is -2.77. The molecule has 2 N–H and O–H groups in total. The van der Waals surface area contributed by atoms with Crippen LogP contribution in [0.1, 0.15) is 26.3 Å². The van der Waals surface area contributed by atoms with Crippen molar-refractivity contribution in [1.82, 2.24) is 10.2 Å². The molecule has 25 heavy (non-hydrogen) atoms. The van der Waals surface area contributed by atoms with Gasteiger partial charge in [0.25, 0.3) is 0 Å². The highest BCUT2D eigenvalue weighted by Crippen LogP contribution is 2.24. The van der Waals surface area contributed by atoms with Gasteiger partial charge in [0.1, 0.15) is 12.2 Å². The Balaban J connectivity index is 1.88. The lowest BCUT2D eigenvalue weighted by Gasteiger charge is -2.46. The van der Waals surface area contributed by atoms with Crippen LogP contribution in [0.5, 0.6) is 0 Å². The normalized spacial score (nSPS) is 15.7. The third kappa shape index (κ3) is 4.85. The molecule has 1 fully saturated rings. The number of rotatable bonds is 4. The molecule has 1 aromatic carbocycles. The lowest BCUT2D eigenvalue weighted by atomic mass is 9.90. The second kappa shape index (κ2) is 7.00. The predicted octanol–water partition coefficient (Wildman–Crippen LogP) is 1.99. The number of likely N-dealkylation sites (tertiary alicyclic amines) is 1. The Morgan fingerprint density at radius 1 is 1.20 bits per heavy atom. The van der Waals surface area contributed by atoms with Gasteiger partial charge in [0, 0.05) is 0 Å². The molecule has 0 unspecified atom stereocenters. The SMILES string of the molecule is CC(C)(C)OC(=O)N1CC(NC(=O)OCc2ccccc2)(C(=O)O)C1. The Morgan fingerprint density at radius 3 is 2.32 bits per heavy atom. The van der Waals surface area contributed by atoms with E-state index in [-0.39, 0.29) is 19.7 Å². The van der Waals surface area contributed by atoms with E-state index in [1.54, 1.807) is 45.0 Å². The molecule has 136 valence electrons. The summed E-state index contributed by atoms with van der Waals surface area (Å²) in [5.74, 6) is -1.23. The molecule has 1 heterocycles. The molecule has 0 saturated carbocycles. The van der Waals surface area contributed by atoms with Gasteiger partial charge in [-0.1, -0.05) is 30.3 Å². The van der Waals surface area contributed by atoms with Crippen LogP contribution in [-0.4, -0.2) is 52.4 Å². The summed E-state index contributed by atoms with van der Waals surface area (Å²) in [6.07, 6.45) is -1.47. The van der Waals surface area contributed by atoms with Crippen LogP contribution in [0.3, 0.4) is 0 Å². The number of hydrogen-bond donors (Lipinski definition) is 2. The van der Waals surface area contributed by atoms with E-state index in [1.165, 1.54) is 4.90 Å². The van der Waals surface area contributed by atoms with Crippen molar-refractivity contribution in [3.63, 3.8) is 0 Å². The van der Waals surface area contributed by atoms with Crippen LogP contribution >= 0.6 is 0 Å². The number of carboxylic acid groups (broad SMARTS) is 1. The number of carboxylic acids is 1. The van der Waals surface area contributed by atoms with Crippen molar-refractivity contribution in [1.29, 1.82) is 0 Å². The molecule has 0 spiro atoms. The monoisotopic (exact) mass is 350 g/mol. The second-order valence-corrected chi connectivity index (χ2v) is 6.91. The van der Waals surface area contributed by atoms with Gasteiger partial charge < -0.3 is 24.8 Å². The molecule has 1 aromatic rings. The van der Waals surface area contributed by atoms with E-state index in [4.69, 9.17) is 9.47 Å². The van der Waals surface area contributed by atoms with Crippen molar-refractivity contribution >= 4 is 18.2 Å². The van der Waals surface area contributed by atoms with Crippen molar-refractivity contribution in [2.75, 3.05) is 13.1 Å². The van der Waals surface area contributed by atoms with Crippen LogP contribution < -0.4 is 5.32 Å². The minimum absolute atomic E-state index is 0.0259. The molecular weight excluding hydrogens is 328 g/mol. The fraction of sp³-hybridized carbons (Fsp3) is 0.471. The lowest BCUT2D eigenvalue weighted by Crippen LogP contribution is -2.75. The molecule has 8 heteroatoms. The van der Waals surface area contributed by atoms with Crippen molar-refractivity contribution in [3.05, 3.63) is 35.9 Å². The molecule has 2 rings (SSSR count). The fourth-order valence-corrected chi connectivity index (χ4v) is 2.28. The minimum Gasteiger partial charge on any atom is -0.479 e. The van der Waals surface area contributed by atoms with Crippen LogP contribution in [0, 0.1) is 0 Å². The Labute approximate surface area is 145 Å². The summed E-state index contributed by atoms with van der Waals surface area (Å²) < 4.78 is 10.2. The van der Waals surface area contributed by atoms with Crippen molar-refractivity contribution in [2.24, 2.45) is 0 Å². The molecule has 0 bridgehead atoms. The van der Waals surface area contributed by atoms with Crippen molar-refractivity contribution < 1.29 is 29.0 Å². The summed E-state index contributed by atoms with van der Waals surface area (Å²) in [4.78, 5) is 36.6. The zero-order chi connectivity index (χ0) is 18.7. The van der Waals surface area contributed by atoms with Gasteiger partial charge in [-0.25, -0.2) is 14.4 Å². The molecule has 0 aromatic heterocycles. The Bertz CT molecular complexity index is 647. The number of nitrogens with zero attached hydrogens (tertiary/aromatic N) is 1. The summed E-state index contributed by atoms with van der Waals surface area (Å²) in [6.45, 7) is 4.81. The largest absolute Gasteiger partial charge is 0.479 e. The number of aliphatic carboxylic acids is 1. The number of hydrogen-bond acceptors (Lipinski definition) is 5. The van der Waals surface area contributed by atoms with Crippen LogP contribution in [0.2, 0.25) is 0 Å². The van der Waals surface area contributed by atoms with Gasteiger partial charge in [0.15, 0.2) is 5.54 Å². The maximum atomic E-state index is 11.9. The van der Waals surface area contributed by atoms with Gasteiger partial charge in [0.05, 0.1) is 13.1 Å². The van der Waals surface area contributed by atoms with Crippen molar-refractivity contribution in [3.8, 4) is 0 Å². The molecule has 0 atom stereocenters. The molecule has 8 nitrogen and oxygen atoms in total. The van der Waals surface area contributed by atoms with Gasteiger partial charge in [-0.15, -0.1) is 0 Å². The number of ether oxygens (including phenoxy) is 2. The zero-order valence-electron chi connectivity index (χ0n) is 14.4. The average molecular weight is 350 g/mol. The number of carbonyl (C=O) groups excluding carboxylic acids is 2. The van der Waals surface area contributed by atoms with Gasteiger partial charge >= 0.3 is 18.2 Å². The smallest absolute Gasteiger partial charge is 0.410 e. The zero-order valence-corrected chi connectivity index (χ0v) is 14.4. The fourth-order valence-electron chi connectivity index (χ4n) is 2.28. The summed E-state index contributed by atoms with van der Waals surface area (Å²) in [7, 11) is 0. The Morgan fingerprint density at radius 2 is 1.80 bits per heavy atom. The first kappa shape index (κ1) is 18.6. The van der Waals surface area contributed by atoms with E-state index in [2.05, 4.69) is 5.32 Å². The third-order valence-electron chi connectivity index (χ3n) is 3.54. The van der Waals surface area contributed by atoms with E-state index in [9.17, 15) is 19.5 Å². The summed E-state index contributed by atoms with van der Waals surface area (Å²) in [5, 5.41) is 11.7. The topological polar surface area (TPSA) is 105 Å². The first-order chi connectivity index (χ1) is 11.6. The summed E-state index contributed by atoms with van der Waals surface area (Å²) in [5.41, 5.74) is -1.46. The predicted molar refractivity (Wildman–Crippen MR) is 87.9 cm³/mol. The number of amides is 2. The second-order valence-electron chi connectivity index (χ2n) is 6.91. The van der Waals surface area contributed by atoms with Gasteiger partial charge in [-0.05, 0) is 26.3 Å². The molecule has 2 amide bonds. The number of carbonyl (C=O) groups is 3. The third-order valence-corrected chi connectivity index (χ3v) is 3.54. The number of alkyl carbamates (subject to hydrolysis) is 1. The Kier molecular flexibility index (Phi) is 5.20. The molecular formula is C17H22N2O6. The van der Waals surface area contributed by atoms with Crippen LogP contribution in [0.25, 0.3) is 0 Å². The van der Waals surface area contributed by atoms with Gasteiger partial charge in [0.2, 0.25) is 0 Å². The first-order valence-electron chi connectivity index (χ1n) is 7.81. The number of benzene rings is 1. The maximum Gasteiger partial charge on any atom is 0.410 e. The van der Waals surface area contributed by atoms with E-state index in [0.717, 1.165) is 5.56 Å². The quantitative estimate of drug-likeness (QED) is 0.860. The highest BCUT2D eigenvalue weighted by molar-refractivity contribution is 5.88. The first-order valence-corrected chi connectivity index (χ1v) is 7.81. The van der Waals surface area contributed by atoms with Crippen LogP contribution in [0.15, 0.2) is 30.3 Å². The van der Waals surface area contributed by atoms with Gasteiger partial charge in [-0.2, -0.15) is 0 Å². The molecule has 0 radical (unpaired) electrons. The van der Waals surface area contributed by atoms with Crippen LogP contribution in [0.4, 0.5) is 9.59 Å². The molecule has 0 aliphatic carbocycles. The van der Waals surface area contributed by atoms with E-state index in [0.29, 0.717) is 0 Å². The van der Waals surface area contributed by atoms with Crippen LogP contribution in [-0.2, 0) is 20.9 Å². The standard InChI is InChI=1S/C17H22N2O6/c1-16(2,3)25-15(23)19-10-17(11-19,13(20)21)18-14(22)24-9-12-7-5-4-6-8-12/h4-8H,9-11H2,1-3H3,(H,18,22)(H,20,21). The average Bonchev–Trinajstić information content (AvgIpc) is 2.47.